The van der Waals surface area contributed by atoms with E-state index in [2.05, 4.69) is 23.8 Å². The lowest BCUT2D eigenvalue weighted by Crippen LogP contribution is -2.13. The number of nitrogens with zero attached hydrogens (tertiary/aromatic N) is 1. The normalized spacial score (nSPS) is 11.9. The summed E-state index contributed by atoms with van der Waals surface area (Å²) in [6.07, 6.45) is 2.07. The first-order valence-corrected chi connectivity index (χ1v) is 7.16. The lowest BCUT2D eigenvalue weighted by molar-refractivity contribution is -0.384. The van der Waals surface area contributed by atoms with Crippen molar-refractivity contribution in [3.63, 3.8) is 0 Å². The Morgan fingerprint density at radius 3 is 2.61 bits per heavy atom. The van der Waals surface area contributed by atoms with Gasteiger partial charge in [-0.3, -0.25) is 10.1 Å². The van der Waals surface area contributed by atoms with E-state index in [4.69, 9.17) is 0 Å². The number of non-ortho nitro benzene ring substituents is 1. The predicted octanol–water partition coefficient (Wildman–Crippen LogP) is 3.05. The monoisotopic (exact) mass is 269 g/mol. The third-order valence-corrected chi connectivity index (χ3v) is 3.43. The summed E-state index contributed by atoms with van der Waals surface area (Å²) in [5.41, 5.74) is 1.62. The zero-order valence-electron chi connectivity index (χ0n) is 10.9. The highest BCUT2D eigenvalue weighted by Gasteiger charge is 2.09. The fourth-order valence-corrected chi connectivity index (χ4v) is 2.29. The molecule has 0 aliphatic heterocycles. The average molecular weight is 269 g/mol. The van der Waals surface area contributed by atoms with Crippen LogP contribution < -0.4 is 10.6 Å². The number of benzene rings is 1. The second-order valence-electron chi connectivity index (χ2n) is 4.22. The van der Waals surface area contributed by atoms with Crippen LogP contribution in [0, 0.1) is 16.0 Å². The van der Waals surface area contributed by atoms with E-state index in [1.807, 2.05) is 6.07 Å². The molecule has 6 heteroatoms. The van der Waals surface area contributed by atoms with E-state index in [1.54, 1.807) is 24.9 Å². The van der Waals surface area contributed by atoms with Crippen LogP contribution in [-0.2, 0) is 0 Å². The maximum atomic E-state index is 10.8. The summed E-state index contributed by atoms with van der Waals surface area (Å²) in [5, 5.41) is 17.0. The van der Waals surface area contributed by atoms with Gasteiger partial charge in [0.1, 0.15) is 0 Å². The number of hydrogen-bond acceptors (Lipinski definition) is 5. The summed E-state index contributed by atoms with van der Waals surface area (Å²) in [7, 11) is 1.75. The topological polar surface area (TPSA) is 67.2 Å². The van der Waals surface area contributed by atoms with Gasteiger partial charge < -0.3 is 10.6 Å². The Morgan fingerprint density at radius 1 is 1.39 bits per heavy atom. The minimum Gasteiger partial charge on any atom is -0.388 e. The van der Waals surface area contributed by atoms with Crippen molar-refractivity contribution in [1.29, 1.82) is 0 Å². The van der Waals surface area contributed by atoms with Crippen LogP contribution in [0.25, 0.3) is 0 Å². The lowest BCUT2D eigenvalue weighted by atomic mass is 10.2. The summed E-state index contributed by atoms with van der Waals surface area (Å²) in [6.45, 7) is 2.96. The van der Waals surface area contributed by atoms with Crippen molar-refractivity contribution >= 4 is 28.8 Å². The van der Waals surface area contributed by atoms with Crippen LogP contribution in [0.1, 0.15) is 6.92 Å². The Balaban J connectivity index is 2.75. The molecule has 1 unspecified atom stereocenters. The Bertz CT molecular complexity index is 412. The van der Waals surface area contributed by atoms with Crippen molar-refractivity contribution in [1.82, 2.24) is 0 Å². The number of thioether (sulfide) groups is 1. The Kier molecular flexibility index (Phi) is 5.77. The Hall–Kier alpha value is -1.43. The molecule has 0 saturated heterocycles. The molecule has 0 bridgehead atoms. The minimum atomic E-state index is -0.378. The van der Waals surface area contributed by atoms with E-state index in [0.717, 1.165) is 23.7 Å². The smallest absolute Gasteiger partial charge is 0.273 e. The summed E-state index contributed by atoms with van der Waals surface area (Å²) in [4.78, 5) is 10.4. The SMILES string of the molecule is CNc1cc(NCC(C)CSC)cc([N+](=O)[O-])c1. The minimum absolute atomic E-state index is 0.0990. The molecular weight excluding hydrogens is 250 g/mol. The number of nitrogens with one attached hydrogen (secondary N) is 2. The van der Waals surface area contributed by atoms with Crippen molar-refractivity contribution in [3.8, 4) is 0 Å². The number of anilines is 2. The van der Waals surface area contributed by atoms with E-state index >= 15 is 0 Å². The van der Waals surface area contributed by atoms with Gasteiger partial charge in [0, 0.05) is 37.1 Å². The van der Waals surface area contributed by atoms with E-state index in [-0.39, 0.29) is 10.6 Å². The summed E-state index contributed by atoms with van der Waals surface area (Å²) in [6, 6.07) is 4.96. The van der Waals surface area contributed by atoms with Crippen molar-refractivity contribution in [2.45, 2.75) is 6.92 Å². The van der Waals surface area contributed by atoms with Crippen molar-refractivity contribution < 1.29 is 4.92 Å². The molecule has 0 radical (unpaired) electrons. The molecule has 100 valence electrons. The Labute approximate surface area is 111 Å². The zero-order chi connectivity index (χ0) is 13.5. The van der Waals surface area contributed by atoms with Gasteiger partial charge in [0.05, 0.1) is 4.92 Å². The van der Waals surface area contributed by atoms with E-state index in [9.17, 15) is 10.1 Å². The van der Waals surface area contributed by atoms with E-state index < -0.39 is 0 Å². The van der Waals surface area contributed by atoms with E-state index in [1.165, 1.54) is 6.07 Å². The zero-order valence-corrected chi connectivity index (χ0v) is 11.7. The van der Waals surface area contributed by atoms with Gasteiger partial charge >= 0.3 is 0 Å². The van der Waals surface area contributed by atoms with Crippen LogP contribution in [0.5, 0.6) is 0 Å². The first-order valence-electron chi connectivity index (χ1n) is 5.77. The molecule has 1 aromatic carbocycles. The third kappa shape index (κ3) is 4.44. The standard InChI is InChI=1S/C12H19N3O2S/c1-9(8-18-3)7-14-11-4-10(13-2)5-12(6-11)15(16)17/h4-6,9,13-14H,7-8H2,1-3H3. The van der Waals surface area contributed by atoms with Crippen LogP contribution in [0.4, 0.5) is 17.1 Å². The van der Waals surface area contributed by atoms with Crippen LogP contribution in [0.3, 0.4) is 0 Å². The Morgan fingerprint density at radius 2 is 2.06 bits per heavy atom. The van der Waals surface area contributed by atoms with Crippen molar-refractivity contribution in [2.24, 2.45) is 5.92 Å². The summed E-state index contributed by atoms with van der Waals surface area (Å²) in [5.74, 6) is 1.60. The van der Waals surface area contributed by atoms with E-state index in [0.29, 0.717) is 5.92 Å². The molecule has 0 spiro atoms. The highest BCUT2D eigenvalue weighted by molar-refractivity contribution is 7.98. The molecule has 0 aromatic heterocycles. The molecule has 18 heavy (non-hydrogen) atoms. The van der Waals surface area contributed by atoms with Gasteiger partial charge in [0.2, 0.25) is 0 Å². The van der Waals surface area contributed by atoms with Gasteiger partial charge in [0.25, 0.3) is 5.69 Å². The molecule has 2 N–H and O–H groups in total. The van der Waals surface area contributed by atoms with Crippen molar-refractivity contribution in [2.75, 3.05) is 36.2 Å². The first kappa shape index (κ1) is 14.6. The molecule has 0 amide bonds. The maximum absolute atomic E-state index is 10.8. The largest absolute Gasteiger partial charge is 0.388 e. The number of hydrogen-bond donors (Lipinski definition) is 2. The highest BCUT2D eigenvalue weighted by atomic mass is 32.2. The van der Waals surface area contributed by atoms with Crippen LogP contribution >= 0.6 is 11.8 Å². The third-order valence-electron chi connectivity index (χ3n) is 2.52. The molecule has 1 aromatic rings. The lowest BCUT2D eigenvalue weighted by Gasteiger charge is -2.13. The van der Waals surface area contributed by atoms with Gasteiger partial charge in [-0.1, -0.05) is 6.92 Å². The van der Waals surface area contributed by atoms with Crippen molar-refractivity contribution in [3.05, 3.63) is 28.3 Å². The molecule has 1 atom stereocenters. The number of nitro benzene ring substituents is 1. The average Bonchev–Trinajstić information content (AvgIpc) is 2.36. The molecule has 5 nitrogen and oxygen atoms in total. The predicted molar refractivity (Wildman–Crippen MR) is 78.7 cm³/mol. The second kappa shape index (κ2) is 7.10. The highest BCUT2D eigenvalue weighted by Crippen LogP contribution is 2.24. The second-order valence-corrected chi connectivity index (χ2v) is 5.13. The number of rotatable bonds is 7. The fraction of sp³-hybridized carbons (Fsp3) is 0.500. The summed E-state index contributed by atoms with van der Waals surface area (Å²) >= 11 is 1.80. The van der Waals surface area contributed by atoms with Gasteiger partial charge in [0.15, 0.2) is 0 Å². The molecule has 0 heterocycles. The molecule has 0 saturated carbocycles. The fourth-order valence-electron chi connectivity index (χ4n) is 1.60. The van der Waals surface area contributed by atoms with Gasteiger partial charge in [-0.25, -0.2) is 0 Å². The van der Waals surface area contributed by atoms with Gasteiger partial charge in [-0.05, 0) is 24.0 Å². The molecule has 0 fully saturated rings. The van der Waals surface area contributed by atoms with Crippen LogP contribution in [-0.4, -0.2) is 30.5 Å². The molecular formula is C12H19N3O2S. The van der Waals surface area contributed by atoms with Crippen LogP contribution in [0.2, 0.25) is 0 Å². The molecule has 1 rings (SSSR count). The molecule has 0 aliphatic rings. The van der Waals surface area contributed by atoms with Gasteiger partial charge in [-0.15, -0.1) is 0 Å². The molecule has 0 aliphatic carbocycles. The first-order chi connectivity index (χ1) is 8.56. The maximum Gasteiger partial charge on any atom is 0.273 e. The van der Waals surface area contributed by atoms with Crippen LogP contribution in [0.15, 0.2) is 18.2 Å². The quantitative estimate of drug-likeness (QED) is 0.588. The summed E-state index contributed by atoms with van der Waals surface area (Å²) < 4.78 is 0. The number of nitro groups is 1. The van der Waals surface area contributed by atoms with Gasteiger partial charge in [-0.2, -0.15) is 11.8 Å².